The number of esters is 1. The highest BCUT2D eigenvalue weighted by Gasteiger charge is 2.10. The molecule has 0 radical (unpaired) electrons. The van der Waals surface area contributed by atoms with Gasteiger partial charge < -0.3 is 9.94 Å². The first-order valence-corrected chi connectivity index (χ1v) is 4.12. The van der Waals surface area contributed by atoms with Gasteiger partial charge >= 0.3 is 5.97 Å². The first-order valence-electron chi connectivity index (χ1n) is 3.74. The zero-order valence-electron chi connectivity index (χ0n) is 7.40. The summed E-state index contributed by atoms with van der Waals surface area (Å²) in [6, 6.07) is 4.63. The lowest BCUT2D eigenvalue weighted by Crippen LogP contribution is -2.02. The van der Waals surface area contributed by atoms with Gasteiger partial charge in [0.05, 0.1) is 23.9 Å². The number of carbonyl (C=O) groups excluding carboxylic acids is 1. The van der Waals surface area contributed by atoms with Crippen LogP contribution in [0.2, 0.25) is 5.02 Å². The van der Waals surface area contributed by atoms with Crippen molar-refractivity contribution in [2.24, 2.45) is 5.16 Å². The summed E-state index contributed by atoms with van der Waals surface area (Å²) in [6.45, 7) is 0. The predicted molar refractivity (Wildman–Crippen MR) is 52.2 cm³/mol. The summed E-state index contributed by atoms with van der Waals surface area (Å²) in [7, 11) is 1.27. The van der Waals surface area contributed by atoms with Crippen LogP contribution in [0.25, 0.3) is 0 Å². The molecule has 1 aromatic carbocycles. The van der Waals surface area contributed by atoms with Crippen molar-refractivity contribution in [1.82, 2.24) is 0 Å². The highest BCUT2D eigenvalue weighted by atomic mass is 35.5. The van der Waals surface area contributed by atoms with Gasteiger partial charge in [0.25, 0.3) is 0 Å². The van der Waals surface area contributed by atoms with E-state index in [-0.39, 0.29) is 5.56 Å². The van der Waals surface area contributed by atoms with E-state index < -0.39 is 5.97 Å². The standard InChI is InChI=1S/C9H8ClNO3/c1-14-9(12)7-4-6(5-11-13)2-3-8(7)10/h2-5,13H,1H3/b11-5+. The van der Waals surface area contributed by atoms with Gasteiger partial charge in [-0.15, -0.1) is 0 Å². The summed E-state index contributed by atoms with van der Waals surface area (Å²) in [5.41, 5.74) is 0.809. The van der Waals surface area contributed by atoms with Crippen molar-refractivity contribution in [2.75, 3.05) is 7.11 Å². The second-order valence-corrected chi connectivity index (χ2v) is 2.88. The third kappa shape index (κ3) is 2.23. The molecule has 0 aliphatic rings. The van der Waals surface area contributed by atoms with Gasteiger partial charge in [0.1, 0.15) is 0 Å². The summed E-state index contributed by atoms with van der Waals surface area (Å²) >= 11 is 5.76. The molecule has 1 aromatic rings. The van der Waals surface area contributed by atoms with Gasteiger partial charge in [0.2, 0.25) is 0 Å². The number of ether oxygens (including phenoxy) is 1. The van der Waals surface area contributed by atoms with Crippen molar-refractivity contribution in [3.8, 4) is 0 Å². The maximum absolute atomic E-state index is 11.2. The van der Waals surface area contributed by atoms with Crippen molar-refractivity contribution in [1.29, 1.82) is 0 Å². The van der Waals surface area contributed by atoms with E-state index in [4.69, 9.17) is 16.8 Å². The highest BCUT2D eigenvalue weighted by Crippen LogP contribution is 2.17. The number of hydrogen-bond donors (Lipinski definition) is 1. The van der Waals surface area contributed by atoms with Gasteiger partial charge in [0, 0.05) is 0 Å². The normalized spacial score (nSPS) is 10.4. The molecule has 0 saturated carbocycles. The lowest BCUT2D eigenvalue weighted by atomic mass is 10.1. The monoisotopic (exact) mass is 213 g/mol. The molecular weight excluding hydrogens is 206 g/mol. The minimum atomic E-state index is -0.525. The van der Waals surface area contributed by atoms with Crippen molar-refractivity contribution in [3.63, 3.8) is 0 Å². The first kappa shape index (κ1) is 10.5. The Kier molecular flexibility index (Phi) is 3.48. The molecule has 0 aliphatic heterocycles. The Hall–Kier alpha value is -1.55. The lowest BCUT2D eigenvalue weighted by Gasteiger charge is -2.02. The van der Waals surface area contributed by atoms with Crippen LogP contribution in [0, 0.1) is 0 Å². The summed E-state index contributed by atoms with van der Waals surface area (Å²) < 4.78 is 4.52. The Morgan fingerprint density at radius 2 is 2.36 bits per heavy atom. The molecule has 5 heteroatoms. The van der Waals surface area contributed by atoms with Crippen LogP contribution < -0.4 is 0 Å². The molecule has 4 nitrogen and oxygen atoms in total. The summed E-state index contributed by atoms with van der Waals surface area (Å²) in [5, 5.41) is 11.4. The quantitative estimate of drug-likeness (QED) is 0.354. The fraction of sp³-hybridized carbons (Fsp3) is 0.111. The molecule has 1 N–H and O–H groups in total. The Labute approximate surface area is 85.7 Å². The fourth-order valence-corrected chi connectivity index (χ4v) is 1.15. The number of benzene rings is 1. The smallest absolute Gasteiger partial charge is 0.339 e. The Bertz CT molecular complexity index is 376. The Morgan fingerprint density at radius 1 is 1.64 bits per heavy atom. The minimum Gasteiger partial charge on any atom is -0.465 e. The molecule has 0 fully saturated rings. The Balaban J connectivity index is 3.14. The van der Waals surface area contributed by atoms with Gasteiger partial charge in [-0.1, -0.05) is 22.8 Å². The van der Waals surface area contributed by atoms with Crippen LogP contribution in [0.4, 0.5) is 0 Å². The molecule has 0 spiro atoms. The topological polar surface area (TPSA) is 58.9 Å². The van der Waals surface area contributed by atoms with Gasteiger partial charge in [-0.25, -0.2) is 4.79 Å². The number of hydrogen-bond acceptors (Lipinski definition) is 4. The maximum atomic E-state index is 11.2. The summed E-state index contributed by atoms with van der Waals surface area (Å²) in [6.07, 6.45) is 1.20. The second kappa shape index (κ2) is 4.62. The van der Waals surface area contributed by atoms with Gasteiger partial charge in [-0.2, -0.15) is 0 Å². The molecule has 0 heterocycles. The molecular formula is C9H8ClNO3. The van der Waals surface area contributed by atoms with E-state index in [0.29, 0.717) is 10.6 Å². The third-order valence-electron chi connectivity index (χ3n) is 1.60. The fourth-order valence-electron chi connectivity index (χ4n) is 0.956. The molecule has 0 atom stereocenters. The summed E-state index contributed by atoms with van der Waals surface area (Å²) in [4.78, 5) is 11.2. The van der Waals surface area contributed by atoms with Gasteiger partial charge in [-0.3, -0.25) is 0 Å². The molecule has 0 amide bonds. The van der Waals surface area contributed by atoms with Crippen molar-refractivity contribution in [3.05, 3.63) is 34.3 Å². The van der Waals surface area contributed by atoms with E-state index in [1.807, 2.05) is 0 Å². The molecule has 0 aliphatic carbocycles. The van der Waals surface area contributed by atoms with Crippen LogP contribution in [0.15, 0.2) is 23.4 Å². The van der Waals surface area contributed by atoms with Gasteiger partial charge in [0.15, 0.2) is 0 Å². The number of methoxy groups -OCH3 is 1. The Morgan fingerprint density at radius 3 is 2.93 bits per heavy atom. The van der Waals surface area contributed by atoms with Crippen LogP contribution in [0.1, 0.15) is 15.9 Å². The number of nitrogens with zero attached hydrogens (tertiary/aromatic N) is 1. The highest BCUT2D eigenvalue weighted by molar-refractivity contribution is 6.33. The second-order valence-electron chi connectivity index (χ2n) is 2.48. The first-order chi connectivity index (χ1) is 6.69. The van der Waals surface area contributed by atoms with Crippen LogP contribution in [0.3, 0.4) is 0 Å². The average molecular weight is 214 g/mol. The molecule has 1 rings (SSSR count). The van der Waals surface area contributed by atoms with Crippen molar-refractivity contribution >= 4 is 23.8 Å². The van der Waals surface area contributed by atoms with Crippen LogP contribution >= 0.6 is 11.6 Å². The largest absolute Gasteiger partial charge is 0.465 e. The van der Waals surface area contributed by atoms with E-state index in [1.165, 1.54) is 25.5 Å². The van der Waals surface area contributed by atoms with E-state index in [1.54, 1.807) is 6.07 Å². The minimum absolute atomic E-state index is 0.242. The van der Waals surface area contributed by atoms with Crippen molar-refractivity contribution < 1.29 is 14.7 Å². The van der Waals surface area contributed by atoms with Crippen LogP contribution in [0.5, 0.6) is 0 Å². The molecule has 0 saturated heterocycles. The van der Waals surface area contributed by atoms with Gasteiger partial charge in [-0.05, 0) is 17.7 Å². The summed E-state index contributed by atoms with van der Waals surface area (Å²) in [5.74, 6) is -0.525. The van der Waals surface area contributed by atoms with Crippen LogP contribution in [-0.4, -0.2) is 24.5 Å². The van der Waals surface area contributed by atoms with Crippen LogP contribution in [-0.2, 0) is 4.74 Å². The lowest BCUT2D eigenvalue weighted by molar-refractivity contribution is 0.0601. The molecule has 0 aromatic heterocycles. The molecule has 0 bridgehead atoms. The zero-order valence-corrected chi connectivity index (χ0v) is 8.15. The maximum Gasteiger partial charge on any atom is 0.339 e. The number of oxime groups is 1. The van der Waals surface area contributed by atoms with E-state index in [9.17, 15) is 4.79 Å². The molecule has 0 unspecified atom stereocenters. The van der Waals surface area contributed by atoms with E-state index >= 15 is 0 Å². The number of carbonyl (C=O) groups is 1. The predicted octanol–water partition coefficient (Wildman–Crippen LogP) is 1.93. The number of halogens is 1. The number of rotatable bonds is 2. The van der Waals surface area contributed by atoms with E-state index in [2.05, 4.69) is 9.89 Å². The van der Waals surface area contributed by atoms with E-state index in [0.717, 1.165) is 0 Å². The third-order valence-corrected chi connectivity index (χ3v) is 1.93. The zero-order chi connectivity index (χ0) is 10.6. The average Bonchev–Trinajstić information content (AvgIpc) is 2.20. The van der Waals surface area contributed by atoms with Crippen molar-refractivity contribution in [2.45, 2.75) is 0 Å². The molecule has 14 heavy (non-hydrogen) atoms. The molecule has 74 valence electrons. The SMILES string of the molecule is COC(=O)c1cc(/C=N/O)ccc1Cl.